The number of rotatable bonds is 6. The van der Waals surface area contributed by atoms with E-state index in [0.717, 1.165) is 0 Å². The Morgan fingerprint density at radius 1 is 1.21 bits per heavy atom. The molecule has 4 heteroatoms. The van der Waals surface area contributed by atoms with E-state index in [0.29, 0.717) is 17.7 Å². The molecule has 0 saturated heterocycles. The predicted octanol–water partition coefficient (Wildman–Crippen LogP) is 2.84. The molecule has 0 radical (unpaired) electrons. The van der Waals surface area contributed by atoms with Crippen molar-refractivity contribution < 1.29 is 19.1 Å². The molecule has 1 rings (SSSR count). The van der Waals surface area contributed by atoms with Crippen molar-refractivity contribution >= 4 is 11.9 Å². The zero-order valence-corrected chi connectivity index (χ0v) is 11.2. The first-order valence-corrected chi connectivity index (χ1v) is 6.09. The van der Waals surface area contributed by atoms with E-state index in [2.05, 4.69) is 6.58 Å². The van der Waals surface area contributed by atoms with Crippen LogP contribution in [0.25, 0.3) is 0 Å². The van der Waals surface area contributed by atoms with Crippen LogP contribution in [0.5, 0.6) is 0 Å². The smallest absolute Gasteiger partial charge is 0.338 e. The summed E-state index contributed by atoms with van der Waals surface area (Å²) in [6, 6.07) is 6.28. The third-order valence-electron chi connectivity index (χ3n) is 2.21. The molecule has 4 nitrogen and oxygen atoms in total. The third kappa shape index (κ3) is 4.95. The van der Waals surface area contributed by atoms with Gasteiger partial charge in [0.25, 0.3) is 0 Å². The van der Waals surface area contributed by atoms with Crippen molar-refractivity contribution in [2.24, 2.45) is 5.92 Å². The number of hydrogen-bond acceptors (Lipinski definition) is 4. The van der Waals surface area contributed by atoms with Crippen LogP contribution < -0.4 is 0 Å². The molecule has 0 heterocycles. The van der Waals surface area contributed by atoms with Gasteiger partial charge in [-0.2, -0.15) is 0 Å². The average molecular weight is 262 g/mol. The molecule has 0 atom stereocenters. The largest absolute Gasteiger partial charge is 0.462 e. The summed E-state index contributed by atoms with van der Waals surface area (Å²) in [5, 5.41) is 0. The fourth-order valence-electron chi connectivity index (χ4n) is 1.32. The zero-order chi connectivity index (χ0) is 14.3. The van der Waals surface area contributed by atoms with E-state index < -0.39 is 11.9 Å². The molecule has 0 aliphatic heterocycles. The highest BCUT2D eigenvalue weighted by molar-refractivity contribution is 5.95. The van der Waals surface area contributed by atoms with Crippen LogP contribution in [0.4, 0.5) is 0 Å². The molecule has 0 aliphatic carbocycles. The lowest BCUT2D eigenvalue weighted by molar-refractivity contribution is 0.0459. The van der Waals surface area contributed by atoms with Gasteiger partial charge in [-0.05, 0) is 24.1 Å². The maximum atomic E-state index is 11.7. The Morgan fingerprint density at radius 3 is 2.32 bits per heavy atom. The van der Waals surface area contributed by atoms with E-state index in [4.69, 9.17) is 9.47 Å². The topological polar surface area (TPSA) is 52.6 Å². The Labute approximate surface area is 113 Å². The van der Waals surface area contributed by atoms with Gasteiger partial charge in [-0.1, -0.05) is 32.6 Å². The Morgan fingerprint density at radius 2 is 1.79 bits per heavy atom. The minimum absolute atomic E-state index is 0.140. The molecule has 0 N–H and O–H groups in total. The Bertz CT molecular complexity index is 463. The van der Waals surface area contributed by atoms with Crippen molar-refractivity contribution in [3.8, 4) is 0 Å². The molecule has 19 heavy (non-hydrogen) atoms. The van der Waals surface area contributed by atoms with Gasteiger partial charge in [0, 0.05) is 0 Å². The predicted molar refractivity (Wildman–Crippen MR) is 72.0 cm³/mol. The number of hydrogen-bond donors (Lipinski definition) is 0. The molecule has 0 aliphatic rings. The van der Waals surface area contributed by atoms with Crippen molar-refractivity contribution in [2.45, 2.75) is 13.8 Å². The fraction of sp³-hybridized carbons (Fsp3) is 0.333. The molecule has 0 fully saturated rings. The molecule has 1 aromatic rings. The highest BCUT2D eigenvalue weighted by Crippen LogP contribution is 2.09. The van der Waals surface area contributed by atoms with Crippen molar-refractivity contribution in [2.75, 3.05) is 13.2 Å². The lowest BCUT2D eigenvalue weighted by atomic mass is 10.1. The lowest BCUT2D eigenvalue weighted by Crippen LogP contribution is -2.11. The number of carbonyl (C=O) groups is 2. The second-order valence-corrected chi connectivity index (χ2v) is 4.46. The molecule has 0 spiro atoms. The standard InChI is InChI=1S/C15H18O4/c1-4-8-18-14(16)12-6-5-7-13(9-12)15(17)19-10-11(2)3/h4-7,9,11H,1,8,10H2,2-3H3. The van der Waals surface area contributed by atoms with E-state index in [1.165, 1.54) is 12.1 Å². The van der Waals surface area contributed by atoms with Crippen LogP contribution in [0.2, 0.25) is 0 Å². The first-order chi connectivity index (χ1) is 9.04. The van der Waals surface area contributed by atoms with Crippen LogP contribution in [0.3, 0.4) is 0 Å². The minimum atomic E-state index is -0.488. The van der Waals surface area contributed by atoms with Crippen LogP contribution >= 0.6 is 0 Å². The monoisotopic (exact) mass is 262 g/mol. The molecule has 102 valence electrons. The second-order valence-electron chi connectivity index (χ2n) is 4.46. The number of benzene rings is 1. The van der Waals surface area contributed by atoms with E-state index in [-0.39, 0.29) is 12.5 Å². The molecule has 0 bridgehead atoms. The quantitative estimate of drug-likeness (QED) is 0.584. The minimum Gasteiger partial charge on any atom is -0.462 e. The number of ether oxygens (including phenoxy) is 2. The van der Waals surface area contributed by atoms with E-state index in [9.17, 15) is 9.59 Å². The van der Waals surface area contributed by atoms with Crippen molar-refractivity contribution in [3.63, 3.8) is 0 Å². The number of carbonyl (C=O) groups excluding carboxylic acids is 2. The summed E-state index contributed by atoms with van der Waals surface area (Å²) in [6.45, 7) is 7.86. The van der Waals surface area contributed by atoms with E-state index in [1.54, 1.807) is 18.2 Å². The van der Waals surface area contributed by atoms with Crippen LogP contribution in [-0.4, -0.2) is 25.2 Å². The molecular formula is C15H18O4. The molecule has 0 saturated carbocycles. The second kappa shape index (κ2) is 7.36. The van der Waals surface area contributed by atoms with Gasteiger partial charge in [-0.15, -0.1) is 0 Å². The van der Waals surface area contributed by atoms with Crippen molar-refractivity contribution in [1.29, 1.82) is 0 Å². The summed E-state index contributed by atoms with van der Waals surface area (Å²) in [4.78, 5) is 23.4. The molecule has 0 unspecified atom stereocenters. The van der Waals surface area contributed by atoms with E-state index >= 15 is 0 Å². The summed E-state index contributed by atoms with van der Waals surface area (Å²) in [6.07, 6.45) is 1.48. The summed E-state index contributed by atoms with van der Waals surface area (Å²) < 4.78 is 10.00. The highest BCUT2D eigenvalue weighted by Gasteiger charge is 2.12. The molecular weight excluding hydrogens is 244 g/mol. The van der Waals surface area contributed by atoms with Gasteiger partial charge in [0.2, 0.25) is 0 Å². The SMILES string of the molecule is C=CCOC(=O)c1cccc(C(=O)OCC(C)C)c1. The molecule has 0 aromatic heterocycles. The van der Waals surface area contributed by atoms with Gasteiger partial charge in [-0.3, -0.25) is 0 Å². The zero-order valence-electron chi connectivity index (χ0n) is 11.2. The first-order valence-electron chi connectivity index (χ1n) is 6.09. The summed E-state index contributed by atoms with van der Waals surface area (Å²) in [5.41, 5.74) is 0.662. The van der Waals surface area contributed by atoms with Gasteiger partial charge < -0.3 is 9.47 Å². The van der Waals surface area contributed by atoms with Crippen LogP contribution in [0.1, 0.15) is 34.6 Å². The third-order valence-corrected chi connectivity index (χ3v) is 2.21. The van der Waals surface area contributed by atoms with Crippen LogP contribution in [0.15, 0.2) is 36.9 Å². The first kappa shape index (κ1) is 15.0. The van der Waals surface area contributed by atoms with Gasteiger partial charge in [0.15, 0.2) is 0 Å². The van der Waals surface area contributed by atoms with E-state index in [1.807, 2.05) is 13.8 Å². The Kier molecular flexibility index (Phi) is 5.79. The highest BCUT2D eigenvalue weighted by atomic mass is 16.5. The fourth-order valence-corrected chi connectivity index (χ4v) is 1.32. The van der Waals surface area contributed by atoms with Gasteiger partial charge in [0.1, 0.15) is 6.61 Å². The van der Waals surface area contributed by atoms with Crippen LogP contribution in [-0.2, 0) is 9.47 Å². The maximum absolute atomic E-state index is 11.7. The molecule has 1 aromatic carbocycles. The van der Waals surface area contributed by atoms with Gasteiger partial charge in [0.05, 0.1) is 17.7 Å². The lowest BCUT2D eigenvalue weighted by Gasteiger charge is -2.08. The Hall–Kier alpha value is -2.10. The average Bonchev–Trinajstić information content (AvgIpc) is 2.42. The molecule has 0 amide bonds. The normalized spacial score (nSPS) is 10.1. The number of esters is 2. The van der Waals surface area contributed by atoms with Crippen molar-refractivity contribution in [1.82, 2.24) is 0 Å². The summed E-state index contributed by atoms with van der Waals surface area (Å²) in [7, 11) is 0. The van der Waals surface area contributed by atoms with Crippen molar-refractivity contribution in [3.05, 3.63) is 48.0 Å². The summed E-state index contributed by atoms with van der Waals surface area (Å²) >= 11 is 0. The summed E-state index contributed by atoms with van der Waals surface area (Å²) in [5.74, 6) is -0.657. The van der Waals surface area contributed by atoms with Gasteiger partial charge in [-0.25, -0.2) is 9.59 Å². The Balaban J connectivity index is 2.73. The van der Waals surface area contributed by atoms with Gasteiger partial charge >= 0.3 is 11.9 Å². The maximum Gasteiger partial charge on any atom is 0.338 e. The van der Waals surface area contributed by atoms with Crippen LogP contribution in [0, 0.1) is 5.92 Å².